The molecule has 1 aliphatic carbocycles. The number of hydrogen-bond acceptors (Lipinski definition) is 5. The molecule has 3 heterocycles. The number of carbonyl (C=O) groups excluding carboxylic acids is 1. The third-order valence-corrected chi connectivity index (χ3v) is 4.36. The quantitative estimate of drug-likeness (QED) is 0.861. The normalized spacial score (nSPS) is 20.6. The van der Waals surface area contributed by atoms with Crippen LogP contribution in [0.1, 0.15) is 34.8 Å². The van der Waals surface area contributed by atoms with Crippen molar-refractivity contribution < 1.29 is 9.90 Å². The molecule has 0 bridgehead atoms. The van der Waals surface area contributed by atoms with Gasteiger partial charge in [-0.1, -0.05) is 0 Å². The summed E-state index contributed by atoms with van der Waals surface area (Å²) >= 11 is 0. The van der Waals surface area contributed by atoms with Crippen LogP contribution in [0.25, 0.3) is 5.78 Å². The summed E-state index contributed by atoms with van der Waals surface area (Å²) in [6.45, 7) is 4.56. The summed E-state index contributed by atoms with van der Waals surface area (Å²) in [6, 6.07) is 1.89. The predicted octanol–water partition coefficient (Wildman–Crippen LogP) is 0.338. The molecule has 1 aliphatic heterocycles. The molecular formula is C14H17N5O2. The van der Waals surface area contributed by atoms with Gasteiger partial charge in [-0.15, -0.1) is 5.10 Å². The van der Waals surface area contributed by atoms with Gasteiger partial charge in [-0.3, -0.25) is 4.79 Å². The average molecular weight is 287 g/mol. The molecule has 2 fully saturated rings. The van der Waals surface area contributed by atoms with Gasteiger partial charge in [0.2, 0.25) is 5.82 Å². The van der Waals surface area contributed by atoms with E-state index in [1.165, 1.54) is 0 Å². The van der Waals surface area contributed by atoms with Gasteiger partial charge in [0.25, 0.3) is 11.7 Å². The van der Waals surface area contributed by atoms with Crippen LogP contribution in [0, 0.1) is 19.8 Å². The number of β-amino-alcohol motifs (C(OH)–C–C–N with tert-alkyl or cyclic N) is 1. The van der Waals surface area contributed by atoms with E-state index in [9.17, 15) is 9.90 Å². The van der Waals surface area contributed by atoms with Crippen LogP contribution >= 0.6 is 0 Å². The van der Waals surface area contributed by atoms with Gasteiger partial charge >= 0.3 is 0 Å². The molecule has 0 unspecified atom stereocenters. The third-order valence-electron chi connectivity index (χ3n) is 4.36. The second-order valence-corrected chi connectivity index (χ2v) is 6.23. The van der Waals surface area contributed by atoms with Gasteiger partial charge in [0.15, 0.2) is 0 Å². The van der Waals surface area contributed by atoms with Gasteiger partial charge < -0.3 is 10.0 Å². The van der Waals surface area contributed by atoms with Crippen molar-refractivity contribution in [3.8, 4) is 0 Å². The topological polar surface area (TPSA) is 83.6 Å². The molecule has 0 radical (unpaired) electrons. The fourth-order valence-electron chi connectivity index (χ4n) is 3.04. The van der Waals surface area contributed by atoms with Crippen LogP contribution in [0.4, 0.5) is 0 Å². The number of aryl methyl sites for hydroxylation is 2. The Morgan fingerprint density at radius 2 is 2.05 bits per heavy atom. The predicted molar refractivity (Wildman–Crippen MR) is 73.8 cm³/mol. The van der Waals surface area contributed by atoms with Gasteiger partial charge in [-0.2, -0.15) is 4.98 Å². The summed E-state index contributed by atoms with van der Waals surface area (Å²) in [5.74, 6) is 0.716. The zero-order valence-corrected chi connectivity index (χ0v) is 12.1. The van der Waals surface area contributed by atoms with Crippen LogP contribution in [-0.2, 0) is 0 Å². The van der Waals surface area contributed by atoms with Gasteiger partial charge in [-0.05, 0) is 38.7 Å². The van der Waals surface area contributed by atoms with E-state index in [0.717, 1.165) is 24.2 Å². The van der Waals surface area contributed by atoms with Gasteiger partial charge in [-0.25, -0.2) is 9.50 Å². The molecule has 0 spiro atoms. The Kier molecular flexibility index (Phi) is 2.42. The summed E-state index contributed by atoms with van der Waals surface area (Å²) in [7, 11) is 0. The van der Waals surface area contributed by atoms with E-state index in [-0.39, 0.29) is 11.7 Å². The standard InChI is InChI=1S/C14H17N5O2/c1-8-5-9(2)19-13(15-8)16-11(17-19)12(20)18-6-14(21,7-18)10-3-4-10/h5,10,21H,3-4,6-7H2,1-2H3. The van der Waals surface area contributed by atoms with Gasteiger partial charge in [0.1, 0.15) is 5.60 Å². The maximum atomic E-state index is 12.4. The Balaban J connectivity index is 1.59. The van der Waals surface area contributed by atoms with Crippen molar-refractivity contribution in [2.45, 2.75) is 32.3 Å². The van der Waals surface area contributed by atoms with Crippen LogP contribution in [0.5, 0.6) is 0 Å². The first kappa shape index (κ1) is 12.7. The summed E-state index contributed by atoms with van der Waals surface area (Å²) in [5.41, 5.74) is 1.06. The molecule has 0 aromatic carbocycles. The molecule has 1 saturated carbocycles. The van der Waals surface area contributed by atoms with Crippen molar-refractivity contribution in [2.24, 2.45) is 5.92 Å². The molecule has 4 rings (SSSR count). The SMILES string of the molecule is Cc1cc(C)n2nc(C(=O)N3CC(O)(C4CC4)C3)nc2n1. The first-order valence-electron chi connectivity index (χ1n) is 7.19. The summed E-state index contributed by atoms with van der Waals surface area (Å²) in [4.78, 5) is 22.5. The fourth-order valence-corrected chi connectivity index (χ4v) is 3.04. The maximum Gasteiger partial charge on any atom is 0.293 e. The second kappa shape index (κ2) is 4.00. The van der Waals surface area contributed by atoms with Crippen molar-refractivity contribution in [2.75, 3.05) is 13.1 Å². The van der Waals surface area contributed by atoms with E-state index >= 15 is 0 Å². The van der Waals surface area contributed by atoms with E-state index < -0.39 is 5.60 Å². The monoisotopic (exact) mass is 287 g/mol. The van der Waals surface area contributed by atoms with Crippen molar-refractivity contribution in [1.29, 1.82) is 0 Å². The van der Waals surface area contributed by atoms with Crippen molar-refractivity contribution in [1.82, 2.24) is 24.5 Å². The van der Waals surface area contributed by atoms with E-state index in [1.807, 2.05) is 19.9 Å². The lowest BCUT2D eigenvalue weighted by Crippen LogP contribution is -2.64. The number of rotatable bonds is 2. The molecule has 2 aliphatic rings. The molecule has 1 N–H and O–H groups in total. The van der Waals surface area contributed by atoms with E-state index in [0.29, 0.717) is 24.8 Å². The second-order valence-electron chi connectivity index (χ2n) is 6.23. The minimum absolute atomic E-state index is 0.147. The molecule has 7 heteroatoms. The summed E-state index contributed by atoms with van der Waals surface area (Å²) < 4.78 is 1.58. The summed E-state index contributed by atoms with van der Waals surface area (Å²) in [5, 5.41) is 14.5. The van der Waals surface area contributed by atoms with Crippen LogP contribution in [-0.4, -0.2) is 54.2 Å². The molecule has 7 nitrogen and oxygen atoms in total. The third kappa shape index (κ3) is 1.91. The first-order valence-corrected chi connectivity index (χ1v) is 7.19. The maximum absolute atomic E-state index is 12.4. The van der Waals surface area contributed by atoms with Crippen LogP contribution in [0.15, 0.2) is 6.07 Å². The minimum Gasteiger partial charge on any atom is -0.386 e. The lowest BCUT2D eigenvalue weighted by atomic mass is 9.88. The number of aromatic nitrogens is 4. The highest BCUT2D eigenvalue weighted by Crippen LogP contribution is 2.44. The highest BCUT2D eigenvalue weighted by Gasteiger charge is 2.53. The van der Waals surface area contributed by atoms with Crippen LogP contribution in [0.2, 0.25) is 0 Å². The highest BCUT2D eigenvalue weighted by atomic mass is 16.3. The first-order chi connectivity index (χ1) is 9.96. The highest BCUT2D eigenvalue weighted by molar-refractivity contribution is 5.91. The zero-order valence-electron chi connectivity index (χ0n) is 12.1. The van der Waals surface area contributed by atoms with Gasteiger partial charge in [0.05, 0.1) is 13.1 Å². The number of likely N-dealkylation sites (tertiary alicyclic amines) is 1. The molecule has 0 atom stereocenters. The fraction of sp³-hybridized carbons (Fsp3) is 0.571. The Morgan fingerprint density at radius 3 is 2.71 bits per heavy atom. The van der Waals surface area contributed by atoms with E-state index in [2.05, 4.69) is 15.1 Å². The molecule has 21 heavy (non-hydrogen) atoms. The molecule has 1 saturated heterocycles. The van der Waals surface area contributed by atoms with E-state index in [1.54, 1.807) is 9.42 Å². The number of fused-ring (bicyclic) bond motifs is 1. The largest absolute Gasteiger partial charge is 0.386 e. The Labute approximate surface area is 121 Å². The van der Waals surface area contributed by atoms with Crippen molar-refractivity contribution >= 4 is 11.7 Å². The zero-order chi connectivity index (χ0) is 14.8. The van der Waals surface area contributed by atoms with Crippen molar-refractivity contribution in [3.63, 3.8) is 0 Å². The van der Waals surface area contributed by atoms with Gasteiger partial charge in [0, 0.05) is 11.4 Å². The number of carbonyl (C=O) groups is 1. The Bertz CT molecular complexity index is 743. The Hall–Kier alpha value is -2.02. The molecule has 2 aromatic rings. The molecular weight excluding hydrogens is 270 g/mol. The van der Waals surface area contributed by atoms with Crippen LogP contribution in [0.3, 0.4) is 0 Å². The average Bonchev–Trinajstić information content (AvgIpc) is 3.15. The summed E-state index contributed by atoms with van der Waals surface area (Å²) in [6.07, 6.45) is 2.13. The number of aliphatic hydroxyl groups is 1. The number of hydrogen-bond donors (Lipinski definition) is 1. The Morgan fingerprint density at radius 1 is 1.33 bits per heavy atom. The lowest BCUT2D eigenvalue weighted by Gasteiger charge is -2.46. The number of nitrogens with zero attached hydrogens (tertiary/aromatic N) is 5. The smallest absolute Gasteiger partial charge is 0.293 e. The molecule has 2 aromatic heterocycles. The van der Waals surface area contributed by atoms with Crippen LogP contribution < -0.4 is 0 Å². The molecule has 110 valence electrons. The molecule has 1 amide bonds. The van der Waals surface area contributed by atoms with E-state index in [4.69, 9.17) is 0 Å². The lowest BCUT2D eigenvalue weighted by molar-refractivity contribution is -0.0961. The minimum atomic E-state index is -0.681. The number of amides is 1. The van der Waals surface area contributed by atoms with Crippen molar-refractivity contribution in [3.05, 3.63) is 23.3 Å².